The minimum atomic E-state index is 0.00637. The van der Waals surface area contributed by atoms with Gasteiger partial charge in [0.1, 0.15) is 0 Å². The van der Waals surface area contributed by atoms with E-state index in [0.29, 0.717) is 5.75 Å². The van der Waals surface area contributed by atoms with Crippen LogP contribution in [0.15, 0.2) is 41.3 Å². The zero-order chi connectivity index (χ0) is 15.4. The van der Waals surface area contributed by atoms with Crippen molar-refractivity contribution in [2.24, 2.45) is 0 Å². The average molecular weight is 300 g/mol. The summed E-state index contributed by atoms with van der Waals surface area (Å²) in [7, 11) is 0. The van der Waals surface area contributed by atoms with Gasteiger partial charge in [0.05, 0.1) is 5.75 Å². The number of benzene rings is 2. The quantitative estimate of drug-likeness (QED) is 0.664. The Hall–Kier alpha value is -1.94. The number of nitrogen functional groups attached to an aromatic ring is 1. The van der Waals surface area contributed by atoms with Crippen LogP contribution in [0.5, 0.6) is 0 Å². The first kappa shape index (κ1) is 15.4. The van der Waals surface area contributed by atoms with Crippen molar-refractivity contribution in [3.63, 3.8) is 0 Å². The van der Waals surface area contributed by atoms with Gasteiger partial charge in [-0.2, -0.15) is 0 Å². The molecule has 3 nitrogen and oxygen atoms in total. The molecule has 21 heavy (non-hydrogen) atoms. The molecule has 0 radical (unpaired) electrons. The Kier molecular flexibility index (Phi) is 4.91. The lowest BCUT2D eigenvalue weighted by Crippen LogP contribution is -2.15. The molecule has 0 spiro atoms. The lowest BCUT2D eigenvalue weighted by Gasteiger charge is -2.11. The molecule has 1 amide bonds. The van der Waals surface area contributed by atoms with E-state index >= 15 is 0 Å². The van der Waals surface area contributed by atoms with E-state index in [4.69, 9.17) is 5.73 Å². The summed E-state index contributed by atoms with van der Waals surface area (Å²) < 4.78 is 0. The second-order valence-electron chi connectivity index (χ2n) is 5.12. The summed E-state index contributed by atoms with van der Waals surface area (Å²) in [6, 6.07) is 11.8. The molecule has 2 aromatic rings. The third kappa shape index (κ3) is 4.02. The number of thioether (sulfide) groups is 1. The maximum Gasteiger partial charge on any atom is 0.234 e. The Morgan fingerprint density at radius 2 is 1.76 bits per heavy atom. The number of nitrogens with two attached hydrogens (primary N) is 1. The molecular weight excluding hydrogens is 280 g/mol. The van der Waals surface area contributed by atoms with Crippen molar-refractivity contribution in [2.75, 3.05) is 16.8 Å². The maximum atomic E-state index is 12.1. The fourth-order valence-electron chi connectivity index (χ4n) is 2.07. The van der Waals surface area contributed by atoms with Gasteiger partial charge in [-0.1, -0.05) is 18.2 Å². The highest BCUT2D eigenvalue weighted by Crippen LogP contribution is 2.24. The monoisotopic (exact) mass is 300 g/mol. The lowest BCUT2D eigenvalue weighted by molar-refractivity contribution is -0.113. The number of carbonyl (C=O) groups excluding carboxylic acids is 1. The van der Waals surface area contributed by atoms with E-state index in [9.17, 15) is 4.79 Å². The molecule has 0 unspecified atom stereocenters. The molecule has 110 valence electrons. The lowest BCUT2D eigenvalue weighted by atomic mass is 10.1. The van der Waals surface area contributed by atoms with Gasteiger partial charge in [0.25, 0.3) is 0 Å². The van der Waals surface area contributed by atoms with Crippen LogP contribution in [0, 0.1) is 20.8 Å². The fraction of sp³-hybridized carbons (Fsp3) is 0.235. The summed E-state index contributed by atoms with van der Waals surface area (Å²) >= 11 is 1.51. The molecule has 0 atom stereocenters. The van der Waals surface area contributed by atoms with Crippen LogP contribution in [-0.4, -0.2) is 11.7 Å². The van der Waals surface area contributed by atoms with E-state index in [0.717, 1.165) is 33.0 Å². The SMILES string of the molecule is Cc1cc(SCC(=O)Nc2c(C)cccc2C)ccc1N. The predicted molar refractivity (Wildman–Crippen MR) is 90.9 cm³/mol. The number of nitrogens with one attached hydrogen (secondary N) is 1. The molecular formula is C17H20N2OS. The van der Waals surface area contributed by atoms with Crippen molar-refractivity contribution < 1.29 is 4.79 Å². The van der Waals surface area contributed by atoms with Crippen molar-refractivity contribution in [2.45, 2.75) is 25.7 Å². The first-order valence-corrected chi connectivity index (χ1v) is 7.81. The molecule has 0 bridgehead atoms. The van der Waals surface area contributed by atoms with Crippen LogP contribution in [0.3, 0.4) is 0 Å². The second kappa shape index (κ2) is 6.68. The Labute approximate surface area is 129 Å². The number of hydrogen-bond donors (Lipinski definition) is 2. The number of aryl methyl sites for hydroxylation is 3. The predicted octanol–water partition coefficient (Wildman–Crippen LogP) is 3.92. The van der Waals surface area contributed by atoms with Gasteiger partial charge in [0, 0.05) is 16.3 Å². The number of carbonyl (C=O) groups is 1. The summed E-state index contributed by atoms with van der Waals surface area (Å²) in [6.45, 7) is 5.97. The molecule has 0 saturated heterocycles. The van der Waals surface area contributed by atoms with Gasteiger partial charge in [-0.3, -0.25) is 4.79 Å². The van der Waals surface area contributed by atoms with Gasteiger partial charge in [-0.15, -0.1) is 11.8 Å². The van der Waals surface area contributed by atoms with Crippen LogP contribution in [0.1, 0.15) is 16.7 Å². The molecule has 0 aliphatic heterocycles. The summed E-state index contributed by atoms with van der Waals surface area (Å²) in [6.07, 6.45) is 0. The molecule has 0 aliphatic carbocycles. The normalized spacial score (nSPS) is 10.4. The number of amides is 1. The number of rotatable bonds is 4. The van der Waals surface area contributed by atoms with Gasteiger partial charge in [-0.25, -0.2) is 0 Å². The number of hydrogen-bond acceptors (Lipinski definition) is 3. The highest BCUT2D eigenvalue weighted by Gasteiger charge is 2.08. The zero-order valence-electron chi connectivity index (χ0n) is 12.6. The van der Waals surface area contributed by atoms with Crippen LogP contribution in [-0.2, 0) is 4.79 Å². The van der Waals surface area contributed by atoms with E-state index in [1.807, 2.05) is 57.2 Å². The Balaban J connectivity index is 1.97. The highest BCUT2D eigenvalue weighted by molar-refractivity contribution is 8.00. The van der Waals surface area contributed by atoms with Crippen LogP contribution < -0.4 is 11.1 Å². The maximum absolute atomic E-state index is 12.1. The van der Waals surface area contributed by atoms with E-state index in [-0.39, 0.29) is 5.91 Å². The largest absolute Gasteiger partial charge is 0.399 e. The smallest absolute Gasteiger partial charge is 0.234 e. The summed E-state index contributed by atoms with van der Waals surface area (Å²) in [5.41, 5.74) is 10.7. The second-order valence-corrected chi connectivity index (χ2v) is 6.17. The van der Waals surface area contributed by atoms with Crippen molar-refractivity contribution in [1.82, 2.24) is 0 Å². The van der Waals surface area contributed by atoms with E-state index in [1.165, 1.54) is 11.8 Å². The van der Waals surface area contributed by atoms with Gasteiger partial charge in [0.15, 0.2) is 0 Å². The van der Waals surface area contributed by atoms with Crippen molar-refractivity contribution in [1.29, 1.82) is 0 Å². The fourth-order valence-corrected chi connectivity index (χ4v) is 2.87. The van der Waals surface area contributed by atoms with Crippen molar-refractivity contribution in [3.8, 4) is 0 Å². The first-order valence-electron chi connectivity index (χ1n) is 6.82. The van der Waals surface area contributed by atoms with Gasteiger partial charge < -0.3 is 11.1 Å². The average Bonchev–Trinajstić information content (AvgIpc) is 2.44. The summed E-state index contributed by atoms with van der Waals surface area (Å²) in [5, 5.41) is 2.99. The summed E-state index contributed by atoms with van der Waals surface area (Å²) in [5.74, 6) is 0.392. The van der Waals surface area contributed by atoms with Crippen LogP contribution >= 0.6 is 11.8 Å². The topological polar surface area (TPSA) is 55.1 Å². The van der Waals surface area contributed by atoms with Crippen LogP contribution in [0.25, 0.3) is 0 Å². The Morgan fingerprint density at radius 1 is 1.10 bits per heavy atom. The zero-order valence-corrected chi connectivity index (χ0v) is 13.4. The van der Waals surface area contributed by atoms with E-state index in [1.54, 1.807) is 0 Å². The number of para-hydroxylation sites is 1. The van der Waals surface area contributed by atoms with E-state index < -0.39 is 0 Å². The summed E-state index contributed by atoms with van der Waals surface area (Å²) in [4.78, 5) is 13.1. The Morgan fingerprint density at radius 3 is 2.38 bits per heavy atom. The molecule has 3 N–H and O–H groups in total. The van der Waals surface area contributed by atoms with Gasteiger partial charge in [-0.05, 0) is 55.7 Å². The van der Waals surface area contributed by atoms with Crippen molar-refractivity contribution >= 4 is 29.0 Å². The highest BCUT2D eigenvalue weighted by atomic mass is 32.2. The molecule has 0 fully saturated rings. The molecule has 0 saturated carbocycles. The molecule has 4 heteroatoms. The molecule has 0 aromatic heterocycles. The minimum absolute atomic E-state index is 0.00637. The van der Waals surface area contributed by atoms with Crippen LogP contribution in [0.2, 0.25) is 0 Å². The molecule has 0 aliphatic rings. The molecule has 2 aromatic carbocycles. The van der Waals surface area contributed by atoms with Crippen LogP contribution in [0.4, 0.5) is 11.4 Å². The van der Waals surface area contributed by atoms with E-state index in [2.05, 4.69) is 5.32 Å². The molecule has 2 rings (SSSR count). The third-order valence-electron chi connectivity index (χ3n) is 3.36. The molecule has 0 heterocycles. The number of anilines is 2. The Bertz CT molecular complexity index is 648. The van der Waals surface area contributed by atoms with Crippen molar-refractivity contribution in [3.05, 3.63) is 53.1 Å². The standard InChI is InChI=1S/C17H20N2OS/c1-11-5-4-6-12(2)17(11)19-16(20)10-21-14-7-8-15(18)13(3)9-14/h4-9H,10,18H2,1-3H3,(H,19,20). The minimum Gasteiger partial charge on any atom is -0.399 e. The third-order valence-corrected chi connectivity index (χ3v) is 4.35. The van der Waals surface area contributed by atoms with Gasteiger partial charge in [0.2, 0.25) is 5.91 Å². The first-order chi connectivity index (χ1) is 9.97. The van der Waals surface area contributed by atoms with Gasteiger partial charge >= 0.3 is 0 Å².